The van der Waals surface area contributed by atoms with Crippen LogP contribution in [-0.4, -0.2) is 45.0 Å². The summed E-state index contributed by atoms with van der Waals surface area (Å²) in [5.74, 6) is 1.52. The molecule has 0 spiro atoms. The highest BCUT2D eigenvalue weighted by molar-refractivity contribution is 5.75. The summed E-state index contributed by atoms with van der Waals surface area (Å²) >= 11 is 0. The van der Waals surface area contributed by atoms with E-state index in [-0.39, 0.29) is 18.4 Å². The fraction of sp³-hybridized carbons (Fsp3) is 0.380. The molecule has 56 heavy (non-hydrogen) atoms. The van der Waals surface area contributed by atoms with Crippen molar-refractivity contribution in [3.8, 4) is 11.5 Å². The zero-order chi connectivity index (χ0) is 39.9. The second kappa shape index (κ2) is 28.5. The van der Waals surface area contributed by atoms with E-state index in [9.17, 15) is 9.90 Å². The Morgan fingerprint density at radius 1 is 0.643 bits per heavy atom. The van der Waals surface area contributed by atoms with Crippen LogP contribution in [-0.2, 0) is 15.1 Å². The second-order valence-electron chi connectivity index (χ2n) is 13.7. The lowest BCUT2D eigenvalue weighted by Crippen LogP contribution is -2.35. The first-order chi connectivity index (χ1) is 27.6. The number of methoxy groups -OCH3 is 2. The van der Waals surface area contributed by atoms with E-state index in [1.807, 2.05) is 66.7 Å². The maximum Gasteiger partial charge on any atom is 0.220 e. The number of amides is 1. The van der Waals surface area contributed by atoms with Crippen LogP contribution in [0.25, 0.3) is 0 Å². The molecule has 6 heteroatoms. The third-order valence-corrected chi connectivity index (χ3v) is 9.46. The molecule has 1 amide bonds. The summed E-state index contributed by atoms with van der Waals surface area (Å²) in [6.45, 7) is 3.13. The number of aliphatic hydroxyl groups is 1. The van der Waals surface area contributed by atoms with Crippen molar-refractivity contribution < 1.29 is 24.1 Å². The first-order valence-electron chi connectivity index (χ1n) is 20.3. The molecule has 0 aromatic heterocycles. The van der Waals surface area contributed by atoms with Crippen molar-refractivity contribution in [3.63, 3.8) is 0 Å². The number of benzene rings is 3. The van der Waals surface area contributed by atoms with E-state index in [1.165, 1.54) is 0 Å². The van der Waals surface area contributed by atoms with E-state index in [1.54, 1.807) is 14.2 Å². The van der Waals surface area contributed by atoms with Crippen molar-refractivity contribution in [3.05, 3.63) is 168 Å². The third-order valence-electron chi connectivity index (χ3n) is 9.46. The van der Waals surface area contributed by atoms with Gasteiger partial charge in [0.25, 0.3) is 0 Å². The average molecular weight is 760 g/mol. The lowest BCUT2D eigenvalue weighted by molar-refractivity contribution is -0.121. The van der Waals surface area contributed by atoms with Crippen molar-refractivity contribution in [1.29, 1.82) is 0 Å². The summed E-state index contributed by atoms with van der Waals surface area (Å²) in [7, 11) is 3.31. The lowest BCUT2D eigenvalue weighted by Gasteiger charge is -2.37. The van der Waals surface area contributed by atoms with Gasteiger partial charge >= 0.3 is 0 Å². The van der Waals surface area contributed by atoms with Crippen molar-refractivity contribution in [2.45, 2.75) is 83.2 Å². The third kappa shape index (κ3) is 16.8. The molecule has 6 nitrogen and oxygen atoms in total. The summed E-state index contributed by atoms with van der Waals surface area (Å²) in [6.07, 6.45) is 35.8. The van der Waals surface area contributed by atoms with Gasteiger partial charge in [0.15, 0.2) is 0 Å². The van der Waals surface area contributed by atoms with Crippen molar-refractivity contribution in [2.75, 3.05) is 34.0 Å². The topological polar surface area (TPSA) is 77.0 Å². The Morgan fingerprint density at radius 3 is 1.57 bits per heavy atom. The predicted octanol–water partition coefficient (Wildman–Crippen LogP) is 11.4. The van der Waals surface area contributed by atoms with Gasteiger partial charge in [-0.3, -0.25) is 4.79 Å². The maximum absolute atomic E-state index is 12.4. The van der Waals surface area contributed by atoms with E-state index in [0.717, 1.165) is 92.4 Å². The van der Waals surface area contributed by atoms with Gasteiger partial charge in [-0.15, -0.1) is 0 Å². The smallest absolute Gasteiger partial charge is 0.220 e. The standard InChI is InChI=1S/C50H65NO5/c1-4-5-6-7-8-9-10-11-12-13-14-15-16-17-18-19-20-21-25-31-49(53)51-40-27-26-28-43(41-52)42-56-50(44-29-23-22-24-30-44,45-32-36-47(54-2)37-33-45)46-34-38-48(55-3)39-35-46/h5-6,8-9,11-12,14-15,17-18,20-24,29-30,32-39,43,52H,4,7,10,13,16,19,25-28,31,40-42H2,1-3H3,(H,51,53)/b6-5-,9-8-,12-11-,15-14-,18-17-,21-20-. The summed E-state index contributed by atoms with van der Waals surface area (Å²) < 4.78 is 17.9. The zero-order valence-electron chi connectivity index (χ0n) is 34.0. The summed E-state index contributed by atoms with van der Waals surface area (Å²) in [6, 6.07) is 26.1. The summed E-state index contributed by atoms with van der Waals surface area (Å²) in [5, 5.41) is 13.5. The minimum absolute atomic E-state index is 0.00834. The van der Waals surface area contributed by atoms with Gasteiger partial charge < -0.3 is 24.6 Å². The Balaban J connectivity index is 1.38. The monoisotopic (exact) mass is 759 g/mol. The number of hydrogen-bond donors (Lipinski definition) is 2. The maximum atomic E-state index is 12.4. The molecule has 0 aliphatic rings. The Labute approximate surface area is 337 Å². The molecule has 3 aromatic rings. The number of rotatable bonds is 28. The second-order valence-corrected chi connectivity index (χ2v) is 13.7. The number of allylic oxidation sites excluding steroid dienone is 12. The Hall–Kier alpha value is -4.91. The van der Waals surface area contributed by atoms with E-state index < -0.39 is 5.60 Å². The minimum Gasteiger partial charge on any atom is -0.497 e. The Morgan fingerprint density at radius 2 is 1.11 bits per heavy atom. The molecule has 0 heterocycles. The van der Waals surface area contributed by atoms with E-state index in [0.29, 0.717) is 19.6 Å². The molecular formula is C50H65NO5. The van der Waals surface area contributed by atoms with Crippen LogP contribution in [0.15, 0.2) is 152 Å². The number of nitrogens with one attached hydrogen (secondary N) is 1. The lowest BCUT2D eigenvalue weighted by atomic mass is 9.79. The highest BCUT2D eigenvalue weighted by atomic mass is 16.5. The molecule has 1 atom stereocenters. The minimum atomic E-state index is -0.926. The van der Waals surface area contributed by atoms with Crippen molar-refractivity contribution in [2.24, 2.45) is 5.92 Å². The molecule has 3 rings (SSSR count). The van der Waals surface area contributed by atoms with Gasteiger partial charge in [0, 0.05) is 25.5 Å². The van der Waals surface area contributed by atoms with Crippen LogP contribution in [0.1, 0.15) is 94.2 Å². The van der Waals surface area contributed by atoms with Gasteiger partial charge in [-0.25, -0.2) is 0 Å². The molecular weight excluding hydrogens is 695 g/mol. The molecule has 0 radical (unpaired) electrons. The van der Waals surface area contributed by atoms with Crippen LogP contribution in [0.4, 0.5) is 0 Å². The molecule has 2 N–H and O–H groups in total. The number of carbonyl (C=O) groups excluding carboxylic acids is 1. The first kappa shape index (κ1) is 45.5. The van der Waals surface area contributed by atoms with Crippen LogP contribution in [0, 0.1) is 5.92 Å². The fourth-order valence-corrected chi connectivity index (χ4v) is 6.27. The van der Waals surface area contributed by atoms with Crippen molar-refractivity contribution >= 4 is 5.91 Å². The van der Waals surface area contributed by atoms with Gasteiger partial charge in [0.05, 0.1) is 20.8 Å². The quantitative estimate of drug-likeness (QED) is 0.0438. The fourth-order valence-electron chi connectivity index (χ4n) is 6.27. The first-order valence-corrected chi connectivity index (χ1v) is 20.3. The van der Waals surface area contributed by atoms with E-state index in [4.69, 9.17) is 14.2 Å². The van der Waals surface area contributed by atoms with Gasteiger partial charge in [-0.1, -0.05) is 141 Å². The SMILES string of the molecule is CC/C=C\C/C=C\C/C=C\C/C=C\C/C=C\C/C=C\CCC(=O)NCCCCC(CO)COC(c1ccccc1)(c1ccc(OC)cc1)c1ccc(OC)cc1. The molecule has 0 bridgehead atoms. The Bertz CT molecular complexity index is 1600. The highest BCUT2D eigenvalue weighted by Gasteiger charge is 2.38. The molecule has 0 aliphatic heterocycles. The molecule has 1 unspecified atom stereocenters. The van der Waals surface area contributed by atoms with Crippen molar-refractivity contribution in [1.82, 2.24) is 5.32 Å². The number of carbonyl (C=O) groups is 1. The highest BCUT2D eigenvalue weighted by Crippen LogP contribution is 2.42. The van der Waals surface area contributed by atoms with E-state index in [2.05, 4.69) is 97.3 Å². The van der Waals surface area contributed by atoms with Crippen LogP contribution in [0.3, 0.4) is 0 Å². The predicted molar refractivity (Wildman–Crippen MR) is 233 cm³/mol. The number of hydrogen-bond acceptors (Lipinski definition) is 5. The number of ether oxygens (including phenoxy) is 3. The molecule has 0 saturated carbocycles. The zero-order valence-corrected chi connectivity index (χ0v) is 34.0. The molecule has 0 saturated heterocycles. The summed E-state index contributed by atoms with van der Waals surface area (Å²) in [5.41, 5.74) is 1.97. The van der Waals surface area contributed by atoms with Gasteiger partial charge in [-0.05, 0) is 98.7 Å². The van der Waals surface area contributed by atoms with Crippen LogP contribution in [0.5, 0.6) is 11.5 Å². The largest absolute Gasteiger partial charge is 0.497 e. The van der Waals surface area contributed by atoms with Gasteiger partial charge in [0.2, 0.25) is 5.91 Å². The van der Waals surface area contributed by atoms with Gasteiger partial charge in [0.1, 0.15) is 17.1 Å². The molecule has 300 valence electrons. The molecule has 3 aromatic carbocycles. The number of unbranched alkanes of at least 4 members (excludes halogenated alkanes) is 1. The van der Waals surface area contributed by atoms with Crippen LogP contribution in [0.2, 0.25) is 0 Å². The van der Waals surface area contributed by atoms with Gasteiger partial charge in [-0.2, -0.15) is 0 Å². The number of aliphatic hydroxyl groups excluding tert-OH is 1. The molecule has 0 fully saturated rings. The Kier molecular flexibility index (Phi) is 23.1. The van der Waals surface area contributed by atoms with E-state index >= 15 is 0 Å². The van der Waals surface area contributed by atoms with Crippen LogP contribution >= 0.6 is 0 Å². The normalized spacial score (nSPS) is 12.9. The summed E-state index contributed by atoms with van der Waals surface area (Å²) in [4.78, 5) is 12.4. The average Bonchev–Trinajstić information content (AvgIpc) is 3.24. The molecule has 0 aliphatic carbocycles. The van der Waals surface area contributed by atoms with Crippen LogP contribution < -0.4 is 14.8 Å².